The molecule has 0 aliphatic carbocycles. The average molecular weight is 292 g/mol. The molecule has 9 heteroatoms. The van der Waals surface area contributed by atoms with Crippen LogP contribution >= 0.6 is 0 Å². The first-order valence-corrected chi connectivity index (χ1v) is 9.84. The minimum Gasteiger partial charge on any atom is -0.226 e. The Morgan fingerprint density at radius 1 is 0.625 bits per heavy atom. The van der Waals surface area contributed by atoms with E-state index in [2.05, 4.69) is 0 Å². The molecule has 0 saturated carbocycles. The summed E-state index contributed by atoms with van der Waals surface area (Å²) >= 11 is 0. The van der Waals surface area contributed by atoms with Crippen molar-refractivity contribution in [3.05, 3.63) is 0 Å². The molecule has 98 valence electrons. The molecule has 0 N–H and O–H groups in total. The van der Waals surface area contributed by atoms with Crippen LogP contribution in [0.4, 0.5) is 0 Å². The molecule has 0 bridgehead atoms. The van der Waals surface area contributed by atoms with Crippen molar-refractivity contribution in [2.75, 3.05) is 17.3 Å². The normalized spacial score (nSPS) is 14.2. The molecule has 0 atom stereocenters. The molecule has 0 aromatic heterocycles. The SMILES string of the molecule is CCS(=O)(=O)C(S(=O)(=O)CC)S(=O)(=O)CC. The second kappa shape index (κ2) is 5.01. The van der Waals surface area contributed by atoms with E-state index in [1.165, 1.54) is 20.8 Å². The molecule has 0 aromatic carbocycles. The van der Waals surface area contributed by atoms with Gasteiger partial charge in [-0.1, -0.05) is 20.8 Å². The van der Waals surface area contributed by atoms with Crippen molar-refractivity contribution in [2.24, 2.45) is 0 Å². The van der Waals surface area contributed by atoms with Crippen molar-refractivity contribution in [2.45, 2.75) is 24.7 Å². The average Bonchev–Trinajstić information content (AvgIpc) is 2.16. The highest BCUT2D eigenvalue weighted by atomic mass is 32.3. The van der Waals surface area contributed by atoms with E-state index in [1.54, 1.807) is 0 Å². The lowest BCUT2D eigenvalue weighted by molar-refractivity contribution is 0.574. The second-order valence-electron chi connectivity index (χ2n) is 3.14. The van der Waals surface area contributed by atoms with Crippen LogP contribution in [-0.4, -0.2) is 46.4 Å². The van der Waals surface area contributed by atoms with Crippen molar-refractivity contribution in [3.63, 3.8) is 0 Å². The van der Waals surface area contributed by atoms with Crippen LogP contribution < -0.4 is 0 Å². The first-order valence-electron chi connectivity index (χ1n) is 4.69. The molecule has 0 fully saturated rings. The quantitative estimate of drug-likeness (QED) is 0.658. The molecule has 16 heavy (non-hydrogen) atoms. The summed E-state index contributed by atoms with van der Waals surface area (Å²) in [5, 5.41) is 0. The van der Waals surface area contributed by atoms with Crippen LogP contribution in [0, 0.1) is 0 Å². The summed E-state index contributed by atoms with van der Waals surface area (Å²) in [5.74, 6) is -1.55. The molecule has 6 nitrogen and oxygen atoms in total. The molecule has 0 rings (SSSR count). The van der Waals surface area contributed by atoms with Gasteiger partial charge in [0.1, 0.15) is 0 Å². The van der Waals surface area contributed by atoms with Crippen molar-refractivity contribution < 1.29 is 25.3 Å². The maximum absolute atomic E-state index is 11.6. The van der Waals surface area contributed by atoms with Gasteiger partial charge in [-0.25, -0.2) is 25.3 Å². The molecule has 0 saturated heterocycles. The number of rotatable bonds is 6. The largest absolute Gasteiger partial charge is 0.262 e. The topological polar surface area (TPSA) is 102 Å². The van der Waals surface area contributed by atoms with Gasteiger partial charge in [-0.2, -0.15) is 0 Å². The van der Waals surface area contributed by atoms with Crippen LogP contribution in [-0.2, 0) is 29.5 Å². The summed E-state index contributed by atoms with van der Waals surface area (Å²) < 4.78 is 67.0. The third kappa shape index (κ3) is 3.17. The van der Waals surface area contributed by atoms with Crippen LogP contribution in [0.25, 0.3) is 0 Å². The summed E-state index contributed by atoms with van der Waals surface area (Å²) in [6.07, 6.45) is 0. The lowest BCUT2D eigenvalue weighted by atomic mass is 11.0. The number of hydrogen-bond acceptors (Lipinski definition) is 6. The first kappa shape index (κ1) is 15.9. The van der Waals surface area contributed by atoms with E-state index in [0.29, 0.717) is 0 Å². The highest BCUT2D eigenvalue weighted by Gasteiger charge is 2.45. The first-order chi connectivity index (χ1) is 7.05. The van der Waals surface area contributed by atoms with Gasteiger partial charge in [0.15, 0.2) is 29.5 Å². The third-order valence-electron chi connectivity index (χ3n) is 2.09. The zero-order valence-electron chi connectivity index (χ0n) is 9.37. The molecule has 0 amide bonds. The van der Waals surface area contributed by atoms with Crippen LogP contribution in [0.5, 0.6) is 0 Å². The maximum Gasteiger partial charge on any atom is 0.262 e. The summed E-state index contributed by atoms with van der Waals surface area (Å²) in [6, 6.07) is 0. The van der Waals surface area contributed by atoms with Gasteiger partial charge in [-0.15, -0.1) is 0 Å². The van der Waals surface area contributed by atoms with Crippen molar-refractivity contribution >= 4 is 29.5 Å². The van der Waals surface area contributed by atoms with Gasteiger partial charge in [0.05, 0.1) is 0 Å². The van der Waals surface area contributed by atoms with Gasteiger partial charge in [0, 0.05) is 17.3 Å². The predicted molar refractivity (Wildman–Crippen MR) is 62.2 cm³/mol. The number of hydrogen-bond donors (Lipinski definition) is 0. The zero-order valence-corrected chi connectivity index (χ0v) is 11.8. The Labute approximate surface area is 96.8 Å². The summed E-state index contributed by atoms with van der Waals surface area (Å²) in [6.45, 7) is 3.66. The zero-order chi connectivity index (χ0) is 13.2. The smallest absolute Gasteiger partial charge is 0.226 e. The third-order valence-corrected chi connectivity index (χ3v) is 11.5. The fraction of sp³-hybridized carbons (Fsp3) is 1.00. The molecule has 0 spiro atoms. The molecular formula is C7H16O6S3. The maximum atomic E-state index is 11.6. The van der Waals surface area contributed by atoms with Crippen LogP contribution in [0.15, 0.2) is 0 Å². The molecule has 0 aromatic rings. The highest BCUT2D eigenvalue weighted by Crippen LogP contribution is 2.19. The molecule has 0 radical (unpaired) electrons. The molecule has 0 heterocycles. The minimum absolute atomic E-state index is 0.518. The molecule has 0 aliphatic rings. The van der Waals surface area contributed by atoms with E-state index in [1.807, 2.05) is 0 Å². The Morgan fingerprint density at radius 2 is 0.812 bits per heavy atom. The monoisotopic (exact) mass is 292 g/mol. The Morgan fingerprint density at radius 3 is 0.938 bits per heavy atom. The van der Waals surface area contributed by atoms with Gasteiger partial charge < -0.3 is 0 Å². The van der Waals surface area contributed by atoms with E-state index < -0.39 is 50.7 Å². The predicted octanol–water partition coefficient (Wildman–Crippen LogP) is -0.426. The fourth-order valence-electron chi connectivity index (χ4n) is 1.08. The van der Waals surface area contributed by atoms with E-state index in [9.17, 15) is 25.3 Å². The highest BCUT2D eigenvalue weighted by molar-refractivity contribution is 8.24. The van der Waals surface area contributed by atoms with E-state index in [0.717, 1.165) is 0 Å². The molecule has 0 aliphatic heterocycles. The molecule has 0 unspecified atom stereocenters. The summed E-state index contributed by atoms with van der Waals surface area (Å²) in [4.78, 5) is 0. The Hall–Kier alpha value is -0.150. The lowest BCUT2D eigenvalue weighted by Gasteiger charge is -2.15. The van der Waals surface area contributed by atoms with Crippen LogP contribution in [0.2, 0.25) is 0 Å². The van der Waals surface area contributed by atoms with Crippen LogP contribution in [0.1, 0.15) is 20.8 Å². The van der Waals surface area contributed by atoms with E-state index in [4.69, 9.17) is 0 Å². The second-order valence-corrected chi connectivity index (χ2v) is 11.2. The van der Waals surface area contributed by atoms with Gasteiger partial charge in [-0.3, -0.25) is 0 Å². The van der Waals surface area contributed by atoms with Crippen molar-refractivity contribution in [1.29, 1.82) is 0 Å². The summed E-state index contributed by atoms with van der Waals surface area (Å²) in [5.41, 5.74) is 0. The lowest BCUT2D eigenvalue weighted by Crippen LogP contribution is -2.40. The molecular weight excluding hydrogens is 276 g/mol. The van der Waals surface area contributed by atoms with Gasteiger partial charge in [0.25, 0.3) is 3.91 Å². The minimum atomic E-state index is -4.18. The van der Waals surface area contributed by atoms with Gasteiger partial charge >= 0.3 is 0 Å². The van der Waals surface area contributed by atoms with E-state index in [-0.39, 0.29) is 0 Å². The van der Waals surface area contributed by atoms with Gasteiger partial charge in [0.2, 0.25) is 0 Å². The van der Waals surface area contributed by atoms with Crippen molar-refractivity contribution in [3.8, 4) is 0 Å². The Bertz CT molecular complexity index is 444. The Balaban J connectivity index is 6.03. The fourth-order valence-corrected chi connectivity index (χ4v) is 9.71. The van der Waals surface area contributed by atoms with Crippen LogP contribution in [0.3, 0.4) is 0 Å². The van der Waals surface area contributed by atoms with Crippen molar-refractivity contribution in [1.82, 2.24) is 0 Å². The van der Waals surface area contributed by atoms with E-state index >= 15 is 0 Å². The Kier molecular flexibility index (Phi) is 4.96. The summed E-state index contributed by atoms with van der Waals surface area (Å²) in [7, 11) is -12.5. The van der Waals surface area contributed by atoms with Gasteiger partial charge in [-0.05, 0) is 0 Å². The number of sulfone groups is 3. The standard InChI is InChI=1S/C7H16O6S3/c1-4-14(8,9)7(15(10,11)5-2)16(12,13)6-3/h7H,4-6H2,1-3H3.